The summed E-state index contributed by atoms with van der Waals surface area (Å²) in [7, 11) is 2.08. The van der Waals surface area contributed by atoms with E-state index in [9.17, 15) is 4.79 Å². The van der Waals surface area contributed by atoms with Crippen LogP contribution in [0.2, 0.25) is 0 Å². The molecule has 8 heteroatoms. The van der Waals surface area contributed by atoms with Crippen LogP contribution in [-0.2, 0) is 14.2 Å². The number of hydrogen-bond donors (Lipinski definition) is 0. The smallest absolute Gasteiger partial charge is 0.414 e. The number of aromatic nitrogens is 2. The van der Waals surface area contributed by atoms with Crippen LogP contribution >= 0.6 is 0 Å². The molecule has 0 N–H and O–H groups in total. The first kappa shape index (κ1) is 21.3. The molecule has 1 aromatic carbocycles. The Morgan fingerprint density at radius 2 is 1.75 bits per heavy atom. The fourth-order valence-corrected chi connectivity index (χ4v) is 4.75. The number of carbonyl (C=O) groups is 1. The Labute approximate surface area is 189 Å². The van der Waals surface area contributed by atoms with Gasteiger partial charge >= 0.3 is 6.09 Å². The lowest BCUT2D eigenvalue weighted by molar-refractivity contribution is 0.00369. The normalized spacial score (nSPS) is 22.6. The topological polar surface area (TPSA) is 69.1 Å². The number of carbonyl (C=O) groups excluding carboxylic acids is 1. The van der Waals surface area contributed by atoms with Crippen molar-refractivity contribution in [2.24, 2.45) is 0 Å². The average Bonchev–Trinajstić information content (AvgIpc) is 3.33. The second-order valence-electron chi connectivity index (χ2n) is 9.02. The molecule has 1 amide bonds. The Morgan fingerprint density at radius 1 is 1.03 bits per heavy atom. The number of likely N-dealkylation sites (N-methyl/N-ethyl adjacent to an activating group) is 1. The van der Waals surface area contributed by atoms with Crippen molar-refractivity contribution in [2.75, 3.05) is 49.8 Å². The monoisotopic (exact) mass is 440 g/mol. The minimum absolute atomic E-state index is 0.0736. The lowest BCUT2D eigenvalue weighted by Gasteiger charge is -2.40. The minimum Gasteiger partial charge on any atom is -0.446 e. The summed E-state index contributed by atoms with van der Waals surface area (Å²) in [6.45, 7) is 5.59. The lowest BCUT2D eigenvalue weighted by Crippen LogP contribution is -2.49. The largest absolute Gasteiger partial charge is 0.446 e. The van der Waals surface area contributed by atoms with Gasteiger partial charge in [-0.05, 0) is 37.5 Å². The van der Waals surface area contributed by atoms with Gasteiger partial charge in [0.2, 0.25) is 0 Å². The van der Waals surface area contributed by atoms with Gasteiger partial charge in [0.15, 0.2) is 0 Å². The van der Waals surface area contributed by atoms with Crippen LogP contribution in [-0.4, -0.2) is 68.0 Å². The third kappa shape index (κ3) is 4.21. The van der Waals surface area contributed by atoms with E-state index < -0.39 is 0 Å². The molecule has 1 unspecified atom stereocenters. The second-order valence-corrected chi connectivity index (χ2v) is 9.02. The van der Waals surface area contributed by atoms with Crippen LogP contribution in [0.5, 0.6) is 0 Å². The van der Waals surface area contributed by atoms with Gasteiger partial charge < -0.3 is 19.1 Å². The molecule has 3 aliphatic heterocycles. The van der Waals surface area contributed by atoms with Crippen LogP contribution in [0, 0.1) is 0 Å². The Kier molecular flexibility index (Phi) is 6.06. The van der Waals surface area contributed by atoms with E-state index in [4.69, 9.17) is 14.2 Å². The summed E-state index contributed by atoms with van der Waals surface area (Å²) in [6, 6.07) is 6.88. The third-order valence-corrected chi connectivity index (χ3v) is 6.91. The van der Waals surface area contributed by atoms with Gasteiger partial charge in [0.05, 0.1) is 36.8 Å². The molecule has 0 radical (unpaired) electrons. The number of hydrogen-bond acceptors (Lipinski definition) is 6. The molecule has 0 bridgehead atoms. The van der Waals surface area contributed by atoms with Gasteiger partial charge in [0.1, 0.15) is 6.10 Å². The number of ether oxygens (including phenoxy) is 3. The van der Waals surface area contributed by atoms with E-state index in [-0.39, 0.29) is 18.2 Å². The molecule has 2 aromatic rings. The summed E-state index contributed by atoms with van der Waals surface area (Å²) >= 11 is 0. The quantitative estimate of drug-likeness (QED) is 0.722. The van der Waals surface area contributed by atoms with Gasteiger partial charge in [0, 0.05) is 57.4 Å². The maximum Gasteiger partial charge on any atom is 0.414 e. The molecular weight excluding hydrogens is 408 g/mol. The van der Waals surface area contributed by atoms with Gasteiger partial charge in [0.25, 0.3) is 0 Å². The van der Waals surface area contributed by atoms with Crippen molar-refractivity contribution in [3.8, 4) is 11.1 Å². The molecule has 1 atom stereocenters. The highest BCUT2D eigenvalue weighted by molar-refractivity contribution is 5.95. The van der Waals surface area contributed by atoms with Crippen molar-refractivity contribution in [3.05, 3.63) is 30.6 Å². The maximum absolute atomic E-state index is 13.2. The molecule has 1 aromatic heterocycles. The average molecular weight is 441 g/mol. The number of fused-ring (bicyclic) bond motifs is 1. The summed E-state index contributed by atoms with van der Waals surface area (Å²) in [5.74, 6) is 0. The van der Waals surface area contributed by atoms with E-state index in [1.54, 1.807) is 4.90 Å². The van der Waals surface area contributed by atoms with Crippen LogP contribution < -0.4 is 9.80 Å². The molecule has 4 heterocycles. The highest BCUT2D eigenvalue weighted by atomic mass is 16.6. The number of rotatable bonds is 3. The van der Waals surface area contributed by atoms with Gasteiger partial charge in [-0.25, -0.2) is 4.79 Å². The zero-order chi connectivity index (χ0) is 22.1. The van der Waals surface area contributed by atoms with E-state index in [2.05, 4.69) is 53.0 Å². The molecule has 8 nitrogen and oxygen atoms in total. The summed E-state index contributed by atoms with van der Waals surface area (Å²) in [5, 5.41) is 4.62. The fraction of sp³-hybridized carbons (Fsp3) is 0.583. The van der Waals surface area contributed by atoms with E-state index in [1.165, 1.54) is 0 Å². The van der Waals surface area contributed by atoms with Crippen molar-refractivity contribution in [1.29, 1.82) is 0 Å². The molecule has 172 valence electrons. The van der Waals surface area contributed by atoms with Crippen LogP contribution in [0.25, 0.3) is 11.1 Å². The molecule has 5 rings (SSSR count). The Morgan fingerprint density at radius 3 is 2.50 bits per heavy atom. The van der Waals surface area contributed by atoms with Crippen LogP contribution in [0.4, 0.5) is 16.2 Å². The predicted molar refractivity (Wildman–Crippen MR) is 122 cm³/mol. The van der Waals surface area contributed by atoms with E-state index in [1.807, 2.05) is 6.20 Å². The molecule has 2 saturated heterocycles. The molecule has 0 spiro atoms. The van der Waals surface area contributed by atoms with E-state index in [0.29, 0.717) is 25.8 Å². The second kappa shape index (κ2) is 9.11. The summed E-state index contributed by atoms with van der Waals surface area (Å²) in [4.78, 5) is 17.2. The molecule has 3 aliphatic rings. The number of benzene rings is 1. The molecule has 32 heavy (non-hydrogen) atoms. The highest BCUT2D eigenvalue weighted by Gasteiger charge is 2.32. The lowest BCUT2D eigenvalue weighted by atomic mass is 10.0. The summed E-state index contributed by atoms with van der Waals surface area (Å²) in [6.07, 6.45) is 7.17. The standard InChI is InChI=1S/C24H32N4O4/c1-17-15-27(24(29)32-21-7-11-31-12-8-21)23-13-18(3-4-22(23)26(17)2)19-14-25-28(16-19)20-5-9-30-10-6-20/h3-4,13-14,16-17,20-21H,5-12,15H2,1-2H3. The van der Waals surface area contributed by atoms with Crippen molar-refractivity contribution in [2.45, 2.75) is 50.8 Å². The minimum atomic E-state index is -0.270. The summed E-state index contributed by atoms with van der Waals surface area (Å²) < 4.78 is 18.8. The van der Waals surface area contributed by atoms with Crippen molar-refractivity contribution in [3.63, 3.8) is 0 Å². The SMILES string of the molecule is CC1CN(C(=O)OC2CCOCC2)c2cc(-c3cnn(C4CCOCC4)c3)ccc2N1C. The Hall–Kier alpha value is -2.58. The number of amides is 1. The van der Waals surface area contributed by atoms with Crippen LogP contribution in [0.15, 0.2) is 30.6 Å². The van der Waals surface area contributed by atoms with Crippen LogP contribution in [0.3, 0.4) is 0 Å². The van der Waals surface area contributed by atoms with Crippen LogP contribution in [0.1, 0.15) is 38.6 Å². The van der Waals surface area contributed by atoms with E-state index in [0.717, 1.165) is 61.4 Å². The first-order valence-corrected chi connectivity index (χ1v) is 11.6. The molecule has 0 aliphatic carbocycles. The third-order valence-electron chi connectivity index (χ3n) is 6.91. The Balaban J connectivity index is 1.41. The fourth-order valence-electron chi connectivity index (χ4n) is 4.75. The molecule has 2 fully saturated rings. The van der Waals surface area contributed by atoms with Crippen molar-refractivity contribution >= 4 is 17.5 Å². The first-order chi connectivity index (χ1) is 15.6. The van der Waals surface area contributed by atoms with Gasteiger partial charge in [-0.3, -0.25) is 9.58 Å². The van der Waals surface area contributed by atoms with Crippen molar-refractivity contribution < 1.29 is 19.0 Å². The molecular formula is C24H32N4O4. The maximum atomic E-state index is 13.2. The first-order valence-electron chi connectivity index (χ1n) is 11.6. The van der Waals surface area contributed by atoms with Gasteiger partial charge in [-0.2, -0.15) is 5.10 Å². The zero-order valence-electron chi connectivity index (χ0n) is 18.9. The summed E-state index contributed by atoms with van der Waals surface area (Å²) in [5.41, 5.74) is 4.03. The van der Waals surface area contributed by atoms with Gasteiger partial charge in [-0.1, -0.05) is 6.07 Å². The van der Waals surface area contributed by atoms with Crippen molar-refractivity contribution in [1.82, 2.24) is 9.78 Å². The highest BCUT2D eigenvalue weighted by Crippen LogP contribution is 2.38. The Bertz CT molecular complexity index is 949. The van der Waals surface area contributed by atoms with Gasteiger partial charge in [-0.15, -0.1) is 0 Å². The number of nitrogens with zero attached hydrogens (tertiary/aromatic N) is 4. The predicted octanol–water partition coefficient (Wildman–Crippen LogP) is 3.86. The number of anilines is 2. The zero-order valence-corrected chi connectivity index (χ0v) is 18.9. The molecule has 0 saturated carbocycles. The van der Waals surface area contributed by atoms with E-state index >= 15 is 0 Å².